The largest absolute Gasteiger partial charge is 0.490 e. The summed E-state index contributed by atoms with van der Waals surface area (Å²) in [6.07, 6.45) is 0.492. The van der Waals surface area contributed by atoms with Gasteiger partial charge < -0.3 is 28.7 Å². The Morgan fingerprint density at radius 2 is 1.94 bits per heavy atom. The number of carbonyl (C=O) groups is 4. The van der Waals surface area contributed by atoms with Crippen molar-refractivity contribution in [2.75, 3.05) is 20.3 Å². The molecule has 0 saturated carbocycles. The first-order chi connectivity index (χ1) is 17.2. The van der Waals surface area contributed by atoms with E-state index >= 15 is 0 Å². The van der Waals surface area contributed by atoms with Gasteiger partial charge in [0.15, 0.2) is 17.6 Å². The lowest BCUT2D eigenvalue weighted by atomic mass is 10.1. The maximum Gasteiger partial charge on any atom is 0.373 e. The predicted octanol–water partition coefficient (Wildman–Crippen LogP) is 3.54. The van der Waals surface area contributed by atoms with E-state index in [2.05, 4.69) is 10.1 Å². The minimum absolute atomic E-state index is 0.00757. The molecule has 0 unspecified atom stereocenters. The van der Waals surface area contributed by atoms with E-state index in [1.807, 2.05) is 0 Å². The number of hydrogen-bond acceptors (Lipinski definition) is 9. The fraction of sp³-hybridized carbons (Fsp3) is 0.333. The van der Waals surface area contributed by atoms with Gasteiger partial charge in [-0.2, -0.15) is 0 Å². The van der Waals surface area contributed by atoms with Crippen molar-refractivity contribution in [3.05, 3.63) is 52.1 Å². The molecule has 36 heavy (non-hydrogen) atoms. The minimum Gasteiger partial charge on any atom is -0.490 e. The summed E-state index contributed by atoms with van der Waals surface area (Å²) in [6, 6.07) is 5.26. The fourth-order valence-corrected chi connectivity index (χ4v) is 3.51. The lowest BCUT2D eigenvalue weighted by Crippen LogP contribution is -2.30. The first kappa shape index (κ1) is 26.6. The number of esters is 2. The number of methoxy groups -OCH3 is 1. The van der Waals surface area contributed by atoms with Crippen LogP contribution in [0.2, 0.25) is 5.02 Å². The zero-order valence-corrected chi connectivity index (χ0v) is 20.8. The van der Waals surface area contributed by atoms with Gasteiger partial charge in [0.1, 0.15) is 11.5 Å². The quantitative estimate of drug-likeness (QED) is 0.283. The zero-order chi connectivity index (χ0) is 26.4. The molecule has 3 rings (SSSR count). The SMILES string of the molecule is CCOC(=O)[C@H](C)Oc1c(Cl)cc(/C=C2\NC(=O)N(Cc3ccc(C(=O)OC)o3)C2=O)cc1OCC. The van der Waals surface area contributed by atoms with Crippen LogP contribution in [0.4, 0.5) is 4.79 Å². The van der Waals surface area contributed by atoms with E-state index < -0.39 is 30.0 Å². The van der Waals surface area contributed by atoms with Crippen LogP contribution in [-0.4, -0.2) is 55.2 Å². The summed E-state index contributed by atoms with van der Waals surface area (Å²) in [5.74, 6) is -1.29. The molecular formula is C24H25ClN2O9. The molecule has 0 bridgehead atoms. The molecule has 0 radical (unpaired) electrons. The van der Waals surface area contributed by atoms with Crippen molar-refractivity contribution in [3.8, 4) is 11.5 Å². The molecule has 2 aromatic rings. The third kappa shape index (κ3) is 5.98. The van der Waals surface area contributed by atoms with E-state index in [9.17, 15) is 19.2 Å². The summed E-state index contributed by atoms with van der Waals surface area (Å²) in [4.78, 5) is 49.7. The number of halogens is 1. The summed E-state index contributed by atoms with van der Waals surface area (Å²) in [6.45, 7) is 5.26. The number of furan rings is 1. The van der Waals surface area contributed by atoms with Crippen LogP contribution in [0, 0.1) is 0 Å². The molecule has 0 spiro atoms. The number of imide groups is 1. The Balaban J connectivity index is 1.82. The van der Waals surface area contributed by atoms with Gasteiger partial charge in [-0.05, 0) is 56.7 Å². The van der Waals surface area contributed by atoms with Crippen molar-refractivity contribution in [2.45, 2.75) is 33.4 Å². The summed E-state index contributed by atoms with van der Waals surface area (Å²) in [7, 11) is 1.21. The first-order valence-corrected chi connectivity index (χ1v) is 11.4. The molecule has 1 aliphatic heterocycles. The smallest absolute Gasteiger partial charge is 0.373 e. The Hall–Kier alpha value is -3.99. The maximum atomic E-state index is 12.9. The van der Waals surface area contributed by atoms with Crippen LogP contribution in [0.3, 0.4) is 0 Å². The van der Waals surface area contributed by atoms with E-state index in [0.29, 0.717) is 5.56 Å². The van der Waals surface area contributed by atoms with Gasteiger partial charge in [0.25, 0.3) is 5.91 Å². The average Bonchev–Trinajstić information content (AvgIpc) is 3.41. The zero-order valence-electron chi connectivity index (χ0n) is 20.1. The van der Waals surface area contributed by atoms with Gasteiger partial charge in [0.05, 0.1) is 31.9 Å². The number of urea groups is 1. The molecule has 1 aliphatic rings. The number of carbonyl (C=O) groups excluding carboxylic acids is 4. The number of rotatable bonds is 10. The predicted molar refractivity (Wildman–Crippen MR) is 126 cm³/mol. The van der Waals surface area contributed by atoms with Crippen molar-refractivity contribution < 1.29 is 42.5 Å². The van der Waals surface area contributed by atoms with E-state index in [1.165, 1.54) is 38.3 Å². The Morgan fingerprint density at radius 3 is 2.61 bits per heavy atom. The van der Waals surface area contributed by atoms with Gasteiger partial charge in [0, 0.05) is 0 Å². The lowest BCUT2D eigenvalue weighted by molar-refractivity contribution is -0.150. The number of amides is 3. The second kappa shape index (κ2) is 11.6. The third-order valence-electron chi connectivity index (χ3n) is 4.88. The van der Waals surface area contributed by atoms with Gasteiger partial charge in [-0.3, -0.25) is 9.69 Å². The van der Waals surface area contributed by atoms with Crippen molar-refractivity contribution >= 4 is 41.6 Å². The molecule has 192 valence electrons. The highest BCUT2D eigenvalue weighted by Gasteiger charge is 2.34. The number of hydrogen-bond donors (Lipinski definition) is 1. The number of benzene rings is 1. The summed E-state index contributed by atoms with van der Waals surface area (Å²) < 4.78 is 26.2. The van der Waals surface area contributed by atoms with Gasteiger partial charge >= 0.3 is 18.0 Å². The van der Waals surface area contributed by atoms with Crippen LogP contribution in [0.25, 0.3) is 6.08 Å². The average molecular weight is 521 g/mol. The highest BCUT2D eigenvalue weighted by molar-refractivity contribution is 6.32. The molecular weight excluding hydrogens is 496 g/mol. The van der Waals surface area contributed by atoms with Crippen LogP contribution in [0.15, 0.2) is 34.4 Å². The number of ether oxygens (including phenoxy) is 4. The Labute approximate surface area is 211 Å². The molecule has 1 saturated heterocycles. The Kier molecular flexibility index (Phi) is 8.59. The van der Waals surface area contributed by atoms with E-state index in [1.54, 1.807) is 19.9 Å². The van der Waals surface area contributed by atoms with Crippen LogP contribution < -0.4 is 14.8 Å². The topological polar surface area (TPSA) is 134 Å². The normalized spacial score (nSPS) is 15.0. The van der Waals surface area contributed by atoms with Gasteiger partial charge in [0.2, 0.25) is 5.76 Å². The standard InChI is InChI=1S/C24H25ClN2O9/c1-5-33-19-11-14(9-16(25)20(19)35-13(3)22(29)34-6-2)10-17-21(28)27(24(31)26-17)12-15-7-8-18(36-15)23(30)32-4/h7-11,13H,5-6,12H2,1-4H3,(H,26,31)/b17-10-/t13-/m0/s1. The van der Waals surface area contributed by atoms with Crippen LogP contribution in [-0.2, 0) is 25.6 Å². The Bertz CT molecular complexity index is 1200. The van der Waals surface area contributed by atoms with Crippen molar-refractivity contribution in [1.82, 2.24) is 10.2 Å². The fourth-order valence-electron chi connectivity index (χ4n) is 3.24. The molecule has 3 amide bonds. The molecule has 1 fully saturated rings. The third-order valence-corrected chi connectivity index (χ3v) is 5.16. The summed E-state index contributed by atoms with van der Waals surface area (Å²) >= 11 is 6.40. The minimum atomic E-state index is -0.934. The van der Waals surface area contributed by atoms with Crippen molar-refractivity contribution in [3.63, 3.8) is 0 Å². The number of nitrogens with zero attached hydrogens (tertiary/aromatic N) is 1. The molecule has 0 aliphatic carbocycles. The molecule has 1 atom stereocenters. The highest BCUT2D eigenvalue weighted by atomic mass is 35.5. The first-order valence-electron chi connectivity index (χ1n) is 11.0. The van der Waals surface area contributed by atoms with Gasteiger partial charge in [-0.1, -0.05) is 11.6 Å². The second-order valence-electron chi connectivity index (χ2n) is 7.41. The highest BCUT2D eigenvalue weighted by Crippen LogP contribution is 2.38. The number of nitrogens with one attached hydrogen (secondary N) is 1. The van der Waals surface area contributed by atoms with Gasteiger partial charge in [-0.15, -0.1) is 0 Å². The molecule has 11 nitrogen and oxygen atoms in total. The lowest BCUT2D eigenvalue weighted by Gasteiger charge is -2.18. The maximum absolute atomic E-state index is 12.9. The molecule has 1 aromatic carbocycles. The summed E-state index contributed by atoms with van der Waals surface area (Å²) in [5, 5.41) is 2.63. The molecule has 12 heteroatoms. The Morgan fingerprint density at radius 1 is 1.19 bits per heavy atom. The summed E-state index contributed by atoms with van der Waals surface area (Å²) in [5.41, 5.74) is 0.433. The van der Waals surface area contributed by atoms with Crippen molar-refractivity contribution in [2.24, 2.45) is 0 Å². The molecule has 2 heterocycles. The monoisotopic (exact) mass is 520 g/mol. The van der Waals surface area contributed by atoms with Crippen LogP contribution in [0.5, 0.6) is 11.5 Å². The van der Waals surface area contributed by atoms with E-state index in [0.717, 1.165) is 4.90 Å². The van der Waals surface area contributed by atoms with Crippen LogP contribution >= 0.6 is 11.6 Å². The van der Waals surface area contributed by atoms with Gasteiger partial charge in [-0.25, -0.2) is 14.4 Å². The molecule has 1 N–H and O–H groups in total. The second-order valence-corrected chi connectivity index (χ2v) is 7.82. The van der Waals surface area contributed by atoms with E-state index in [-0.39, 0.29) is 53.5 Å². The molecule has 1 aromatic heterocycles. The van der Waals surface area contributed by atoms with Crippen LogP contribution in [0.1, 0.15) is 42.6 Å². The van der Waals surface area contributed by atoms with E-state index in [4.69, 9.17) is 30.2 Å². The van der Waals surface area contributed by atoms with Crippen molar-refractivity contribution in [1.29, 1.82) is 0 Å².